The summed E-state index contributed by atoms with van der Waals surface area (Å²) < 4.78 is 27.6. The first-order valence-corrected chi connectivity index (χ1v) is 10.6. The predicted octanol–water partition coefficient (Wildman–Crippen LogP) is 2.55. The summed E-state index contributed by atoms with van der Waals surface area (Å²) in [4.78, 5) is 19.4. The van der Waals surface area contributed by atoms with Crippen LogP contribution in [0.25, 0.3) is 11.1 Å². The molecule has 2 aromatic rings. The van der Waals surface area contributed by atoms with Crippen molar-refractivity contribution in [2.45, 2.75) is 12.5 Å². The molecule has 1 aliphatic heterocycles. The molecular weight excluding hydrogens is 380 g/mol. The van der Waals surface area contributed by atoms with Crippen LogP contribution in [0.4, 0.5) is 0 Å². The van der Waals surface area contributed by atoms with Gasteiger partial charge in [0.15, 0.2) is 0 Å². The van der Waals surface area contributed by atoms with Crippen LogP contribution in [0.15, 0.2) is 59.8 Å². The zero-order chi connectivity index (χ0) is 20.1. The topological polar surface area (TPSA) is 85.3 Å². The van der Waals surface area contributed by atoms with Gasteiger partial charge < -0.3 is 9.74 Å². The summed E-state index contributed by atoms with van der Waals surface area (Å²) >= 11 is 0. The van der Waals surface area contributed by atoms with Gasteiger partial charge in [0.25, 0.3) is 16.0 Å². The number of oxime groups is 1. The van der Waals surface area contributed by atoms with E-state index in [1.165, 1.54) is 7.11 Å². The van der Waals surface area contributed by atoms with Crippen molar-refractivity contribution in [3.63, 3.8) is 0 Å². The average Bonchev–Trinajstić information content (AvgIpc) is 3.09. The monoisotopic (exact) mass is 402 g/mol. The minimum absolute atomic E-state index is 0.116. The number of nitrogens with zero attached hydrogens (tertiary/aromatic N) is 2. The van der Waals surface area contributed by atoms with E-state index >= 15 is 0 Å². The van der Waals surface area contributed by atoms with Gasteiger partial charge in [0.1, 0.15) is 7.11 Å². The Hall–Kier alpha value is -2.71. The summed E-state index contributed by atoms with van der Waals surface area (Å²) in [6.07, 6.45) is 1.39. The van der Waals surface area contributed by atoms with Gasteiger partial charge in [-0.2, -0.15) is 8.42 Å². The Kier molecular flexibility index (Phi) is 6.11. The maximum Gasteiger partial charge on any atom is 0.264 e. The molecule has 1 heterocycles. The molecule has 1 aliphatic rings. The van der Waals surface area contributed by atoms with Gasteiger partial charge >= 0.3 is 0 Å². The molecule has 148 valence electrons. The van der Waals surface area contributed by atoms with Crippen molar-refractivity contribution in [1.29, 1.82) is 0 Å². The molecule has 0 radical (unpaired) electrons. The summed E-state index contributed by atoms with van der Waals surface area (Å²) in [6.45, 7) is 0.153. The van der Waals surface area contributed by atoms with Crippen LogP contribution in [-0.2, 0) is 19.1 Å². The lowest BCUT2D eigenvalue weighted by atomic mass is 10.0. The van der Waals surface area contributed by atoms with Crippen molar-refractivity contribution in [2.75, 3.05) is 26.5 Å². The Bertz CT molecular complexity index is 956. The molecule has 0 bridgehead atoms. The highest BCUT2D eigenvalue weighted by atomic mass is 32.2. The molecule has 3 rings (SSSR count). The molecule has 0 N–H and O–H groups in total. The van der Waals surface area contributed by atoms with Gasteiger partial charge in [-0.25, -0.2) is 0 Å². The Balaban J connectivity index is 1.79. The fourth-order valence-electron chi connectivity index (χ4n) is 3.16. The van der Waals surface area contributed by atoms with E-state index in [4.69, 9.17) is 9.02 Å². The quantitative estimate of drug-likeness (QED) is 0.548. The van der Waals surface area contributed by atoms with Crippen LogP contribution in [-0.4, -0.2) is 57.5 Å². The minimum Gasteiger partial charge on any atom is -0.399 e. The standard InChI is InChI=1S/C20H22N2O5S/c1-26-21-18-12-19(14-27-28(2,24)25)22(13-18)20(23)17-10-8-16(9-11-17)15-6-4-3-5-7-15/h3-11,19H,12-14H2,1-2H3/b21-18+. The summed E-state index contributed by atoms with van der Waals surface area (Å²) in [5, 5.41) is 3.92. The second kappa shape index (κ2) is 8.53. The molecule has 7 nitrogen and oxygen atoms in total. The van der Waals surface area contributed by atoms with Crippen LogP contribution in [0, 0.1) is 0 Å². The van der Waals surface area contributed by atoms with Gasteiger partial charge in [0.05, 0.1) is 31.2 Å². The van der Waals surface area contributed by atoms with E-state index in [1.807, 2.05) is 42.5 Å². The smallest absolute Gasteiger partial charge is 0.264 e. The van der Waals surface area contributed by atoms with Crippen molar-refractivity contribution >= 4 is 21.7 Å². The maximum atomic E-state index is 13.0. The minimum atomic E-state index is -3.60. The first-order chi connectivity index (χ1) is 13.4. The largest absolute Gasteiger partial charge is 0.399 e. The summed E-state index contributed by atoms with van der Waals surface area (Å²) in [5.74, 6) is -0.206. The van der Waals surface area contributed by atoms with E-state index < -0.39 is 16.2 Å². The van der Waals surface area contributed by atoms with Gasteiger partial charge in [0.2, 0.25) is 0 Å². The second-order valence-corrected chi connectivity index (χ2v) is 8.21. The fraction of sp³-hybridized carbons (Fsp3) is 0.300. The van der Waals surface area contributed by atoms with Crippen LogP contribution in [0.3, 0.4) is 0 Å². The summed E-state index contributed by atoms with van der Waals surface area (Å²) in [7, 11) is -2.17. The molecule has 8 heteroatoms. The molecule has 1 unspecified atom stereocenters. The van der Waals surface area contributed by atoms with Crippen molar-refractivity contribution in [3.8, 4) is 11.1 Å². The van der Waals surface area contributed by atoms with E-state index in [-0.39, 0.29) is 19.1 Å². The van der Waals surface area contributed by atoms with E-state index in [0.29, 0.717) is 17.7 Å². The zero-order valence-electron chi connectivity index (χ0n) is 15.7. The van der Waals surface area contributed by atoms with Gasteiger partial charge in [-0.05, 0) is 23.3 Å². The van der Waals surface area contributed by atoms with Gasteiger partial charge in [-0.3, -0.25) is 8.98 Å². The summed E-state index contributed by atoms with van der Waals surface area (Å²) in [6, 6.07) is 16.8. The zero-order valence-corrected chi connectivity index (χ0v) is 16.6. The molecule has 28 heavy (non-hydrogen) atoms. The third-order valence-corrected chi connectivity index (χ3v) is 5.02. The molecule has 0 saturated carbocycles. The molecule has 1 fully saturated rings. The predicted molar refractivity (Wildman–Crippen MR) is 107 cm³/mol. The Labute approximate surface area is 164 Å². The highest BCUT2D eigenvalue weighted by Crippen LogP contribution is 2.23. The highest BCUT2D eigenvalue weighted by molar-refractivity contribution is 7.85. The molecule has 1 atom stereocenters. The van der Waals surface area contributed by atoms with Gasteiger partial charge in [0, 0.05) is 12.0 Å². The van der Waals surface area contributed by atoms with Gasteiger partial charge in [-0.1, -0.05) is 47.6 Å². The van der Waals surface area contributed by atoms with Crippen molar-refractivity contribution in [1.82, 2.24) is 4.90 Å². The number of carbonyl (C=O) groups excluding carboxylic acids is 1. The van der Waals surface area contributed by atoms with Crippen LogP contribution in [0.5, 0.6) is 0 Å². The molecule has 1 saturated heterocycles. The second-order valence-electron chi connectivity index (χ2n) is 6.56. The Morgan fingerprint density at radius 1 is 1.11 bits per heavy atom. The maximum absolute atomic E-state index is 13.0. The molecule has 0 aromatic heterocycles. The van der Waals surface area contributed by atoms with Gasteiger partial charge in [-0.15, -0.1) is 0 Å². The number of hydrogen-bond donors (Lipinski definition) is 0. The van der Waals surface area contributed by atoms with E-state index in [9.17, 15) is 13.2 Å². The van der Waals surface area contributed by atoms with Crippen LogP contribution >= 0.6 is 0 Å². The molecule has 2 aromatic carbocycles. The number of amides is 1. The Morgan fingerprint density at radius 3 is 2.36 bits per heavy atom. The summed E-state index contributed by atoms with van der Waals surface area (Å²) in [5.41, 5.74) is 3.26. The van der Waals surface area contributed by atoms with Crippen LogP contribution in [0.2, 0.25) is 0 Å². The lowest BCUT2D eigenvalue weighted by Crippen LogP contribution is -2.38. The van der Waals surface area contributed by atoms with Crippen molar-refractivity contribution in [2.24, 2.45) is 5.16 Å². The number of likely N-dealkylation sites (tertiary alicyclic amines) is 1. The third kappa shape index (κ3) is 4.96. The van der Waals surface area contributed by atoms with Crippen molar-refractivity contribution in [3.05, 3.63) is 60.2 Å². The van der Waals surface area contributed by atoms with Crippen LogP contribution in [0.1, 0.15) is 16.8 Å². The van der Waals surface area contributed by atoms with E-state index in [1.54, 1.807) is 17.0 Å². The first-order valence-electron chi connectivity index (χ1n) is 8.77. The average molecular weight is 402 g/mol. The molecule has 1 amide bonds. The Morgan fingerprint density at radius 2 is 1.75 bits per heavy atom. The third-order valence-electron chi connectivity index (χ3n) is 4.46. The molecule has 0 spiro atoms. The number of rotatable bonds is 6. The SMILES string of the molecule is CO/N=C1\CC(COS(C)(=O)=O)N(C(=O)c2ccc(-c3ccccc3)cc2)C1. The fourth-order valence-corrected chi connectivity index (χ4v) is 3.56. The first kappa shape index (κ1) is 20.0. The van der Waals surface area contributed by atoms with Crippen LogP contribution < -0.4 is 0 Å². The number of carbonyl (C=O) groups is 1. The lowest BCUT2D eigenvalue weighted by Gasteiger charge is -2.23. The van der Waals surface area contributed by atoms with E-state index in [2.05, 4.69) is 5.16 Å². The highest BCUT2D eigenvalue weighted by Gasteiger charge is 2.34. The normalized spacial score (nSPS) is 18.4. The number of hydrogen-bond acceptors (Lipinski definition) is 6. The number of benzene rings is 2. The van der Waals surface area contributed by atoms with Crippen molar-refractivity contribution < 1.29 is 22.2 Å². The van der Waals surface area contributed by atoms with E-state index in [0.717, 1.165) is 17.4 Å². The molecular formula is C20H22N2O5S. The molecule has 0 aliphatic carbocycles. The lowest BCUT2D eigenvalue weighted by molar-refractivity contribution is 0.0697.